The maximum Gasteiger partial charge on any atom is 0.282 e. The minimum Gasteiger partial charge on any atom is -0.336 e. The summed E-state index contributed by atoms with van der Waals surface area (Å²) in [6.45, 7) is 5.58. The van der Waals surface area contributed by atoms with Crippen molar-refractivity contribution in [2.24, 2.45) is 0 Å². The first kappa shape index (κ1) is 19.2. The fourth-order valence-corrected chi connectivity index (χ4v) is 5.29. The lowest BCUT2D eigenvalue weighted by molar-refractivity contribution is 0.0693. The number of hydrogen-bond donors (Lipinski definition) is 0. The fraction of sp³-hybridized carbons (Fsp3) is 0.588. The van der Waals surface area contributed by atoms with Crippen LogP contribution in [0, 0.1) is 6.92 Å². The second kappa shape index (κ2) is 7.39. The van der Waals surface area contributed by atoms with Gasteiger partial charge in [-0.1, -0.05) is 0 Å². The van der Waals surface area contributed by atoms with Crippen LogP contribution >= 0.6 is 0 Å². The maximum atomic E-state index is 13.0. The highest BCUT2D eigenvalue weighted by Gasteiger charge is 2.35. The molecule has 2 aromatic heterocycles. The summed E-state index contributed by atoms with van der Waals surface area (Å²) in [7, 11) is -1.49. The Hall–Kier alpha value is -2.08. The molecule has 10 nitrogen and oxygen atoms in total. The van der Waals surface area contributed by atoms with Crippen molar-refractivity contribution in [3.63, 3.8) is 0 Å². The van der Waals surface area contributed by atoms with E-state index in [-0.39, 0.29) is 5.91 Å². The van der Waals surface area contributed by atoms with E-state index in [1.165, 1.54) is 4.31 Å². The highest BCUT2D eigenvalue weighted by atomic mass is 32.2. The normalized spacial score (nSPS) is 20.7. The van der Waals surface area contributed by atoms with Gasteiger partial charge in [-0.15, -0.1) is 0 Å². The molecule has 0 saturated carbocycles. The second-order valence-electron chi connectivity index (χ2n) is 7.25. The van der Waals surface area contributed by atoms with E-state index in [0.717, 1.165) is 13.1 Å². The van der Waals surface area contributed by atoms with Gasteiger partial charge in [0.05, 0.1) is 5.69 Å². The Labute approximate surface area is 164 Å². The smallest absolute Gasteiger partial charge is 0.282 e. The molecule has 2 saturated heterocycles. The van der Waals surface area contributed by atoms with Gasteiger partial charge in [-0.2, -0.15) is 22.1 Å². The Morgan fingerprint density at radius 3 is 2.25 bits per heavy atom. The molecule has 2 fully saturated rings. The van der Waals surface area contributed by atoms with Gasteiger partial charge in [-0.05, 0) is 20.0 Å². The van der Waals surface area contributed by atoms with E-state index >= 15 is 0 Å². The Kier molecular flexibility index (Phi) is 5.08. The summed E-state index contributed by atoms with van der Waals surface area (Å²) < 4.78 is 30.4. The number of rotatable bonds is 3. The maximum absolute atomic E-state index is 13.0. The molecule has 0 aliphatic carbocycles. The predicted molar refractivity (Wildman–Crippen MR) is 103 cm³/mol. The molecule has 0 N–H and O–H groups in total. The van der Waals surface area contributed by atoms with Gasteiger partial charge in [-0.3, -0.25) is 4.79 Å². The Morgan fingerprint density at radius 1 is 1.00 bits per heavy atom. The van der Waals surface area contributed by atoms with Gasteiger partial charge in [0.1, 0.15) is 5.56 Å². The van der Waals surface area contributed by atoms with Gasteiger partial charge in [0.25, 0.3) is 16.1 Å². The molecule has 1 amide bonds. The SMILES string of the molecule is Cc1nn2cccnc2c1C(=O)N1CCN(S(=O)(=O)N2CCN(C)CC2)CC1. The lowest BCUT2D eigenvalue weighted by atomic mass is 10.2. The summed E-state index contributed by atoms with van der Waals surface area (Å²) in [5, 5.41) is 4.34. The van der Waals surface area contributed by atoms with Crippen LogP contribution in [0.25, 0.3) is 5.65 Å². The molecule has 28 heavy (non-hydrogen) atoms. The number of fused-ring (bicyclic) bond motifs is 1. The van der Waals surface area contributed by atoms with Crippen LogP contribution < -0.4 is 0 Å². The summed E-state index contributed by atoms with van der Waals surface area (Å²) in [5.41, 5.74) is 1.63. The Balaban J connectivity index is 1.45. The topological polar surface area (TPSA) is 94.4 Å². The summed E-state index contributed by atoms with van der Waals surface area (Å²) in [6, 6.07) is 1.76. The molecule has 2 aromatic rings. The van der Waals surface area contributed by atoms with Gasteiger partial charge in [0.15, 0.2) is 5.65 Å². The van der Waals surface area contributed by atoms with Gasteiger partial charge in [0.2, 0.25) is 0 Å². The van der Waals surface area contributed by atoms with Gasteiger partial charge in [-0.25, -0.2) is 9.50 Å². The van der Waals surface area contributed by atoms with Crippen LogP contribution in [0.4, 0.5) is 0 Å². The molecule has 2 aliphatic heterocycles. The standard InChI is InChI=1S/C17H25N7O3S/c1-14-15(16-18-4-3-5-24(16)19-14)17(25)21-8-12-23(13-9-21)28(26,27)22-10-6-20(2)7-11-22/h3-5H,6-13H2,1-2H3. The Morgan fingerprint density at radius 2 is 1.61 bits per heavy atom. The first-order chi connectivity index (χ1) is 13.4. The van der Waals surface area contributed by atoms with E-state index in [4.69, 9.17) is 0 Å². The van der Waals surface area contributed by atoms with Crippen LogP contribution in [0.3, 0.4) is 0 Å². The quantitative estimate of drug-likeness (QED) is 0.667. The molecule has 0 bridgehead atoms. The highest BCUT2D eigenvalue weighted by Crippen LogP contribution is 2.19. The van der Waals surface area contributed by atoms with Crippen molar-refractivity contribution in [1.82, 2.24) is 33.0 Å². The van der Waals surface area contributed by atoms with Gasteiger partial charge >= 0.3 is 0 Å². The zero-order chi connectivity index (χ0) is 19.9. The van der Waals surface area contributed by atoms with Crippen LogP contribution in [-0.4, -0.2) is 107 Å². The van der Waals surface area contributed by atoms with Crippen molar-refractivity contribution < 1.29 is 13.2 Å². The molecule has 0 unspecified atom stereocenters. The van der Waals surface area contributed by atoms with E-state index in [9.17, 15) is 13.2 Å². The van der Waals surface area contributed by atoms with Crippen molar-refractivity contribution in [3.05, 3.63) is 29.7 Å². The fourth-order valence-electron chi connectivity index (χ4n) is 3.71. The van der Waals surface area contributed by atoms with Crippen molar-refractivity contribution in [1.29, 1.82) is 0 Å². The van der Waals surface area contributed by atoms with E-state index in [0.29, 0.717) is 56.2 Å². The molecule has 152 valence electrons. The third-order valence-electron chi connectivity index (χ3n) is 5.42. The number of amides is 1. The molecule has 2 aliphatic rings. The number of carbonyl (C=O) groups excluding carboxylic acids is 1. The summed E-state index contributed by atoms with van der Waals surface area (Å²) in [6.07, 6.45) is 3.39. The number of aryl methyl sites for hydroxylation is 1. The zero-order valence-corrected chi connectivity index (χ0v) is 17.0. The number of hydrogen-bond acceptors (Lipinski definition) is 6. The molecular weight excluding hydrogens is 382 g/mol. The second-order valence-corrected chi connectivity index (χ2v) is 9.18. The molecule has 0 radical (unpaired) electrons. The number of likely N-dealkylation sites (N-methyl/N-ethyl adjacent to an activating group) is 1. The van der Waals surface area contributed by atoms with Crippen LogP contribution in [0.2, 0.25) is 0 Å². The van der Waals surface area contributed by atoms with Crippen LogP contribution in [0.5, 0.6) is 0 Å². The minimum atomic E-state index is -3.48. The molecule has 0 spiro atoms. The number of piperazine rings is 2. The van der Waals surface area contributed by atoms with E-state index in [2.05, 4.69) is 15.0 Å². The minimum absolute atomic E-state index is 0.150. The van der Waals surface area contributed by atoms with Crippen LogP contribution in [0.1, 0.15) is 16.1 Å². The molecule has 4 heterocycles. The van der Waals surface area contributed by atoms with E-state index in [1.54, 1.807) is 39.1 Å². The molecule has 0 atom stereocenters. The van der Waals surface area contributed by atoms with Gasteiger partial charge in [0, 0.05) is 64.8 Å². The lowest BCUT2D eigenvalue weighted by Crippen LogP contribution is -2.57. The lowest BCUT2D eigenvalue weighted by Gasteiger charge is -2.39. The van der Waals surface area contributed by atoms with E-state index in [1.807, 2.05) is 7.05 Å². The molecule has 0 aromatic carbocycles. The van der Waals surface area contributed by atoms with Crippen molar-refractivity contribution in [2.45, 2.75) is 6.92 Å². The zero-order valence-electron chi connectivity index (χ0n) is 16.2. The molecule has 11 heteroatoms. The number of nitrogens with zero attached hydrogens (tertiary/aromatic N) is 7. The van der Waals surface area contributed by atoms with Gasteiger partial charge < -0.3 is 9.80 Å². The third kappa shape index (κ3) is 3.39. The Bertz CT molecular complexity index is 974. The van der Waals surface area contributed by atoms with Crippen LogP contribution in [-0.2, 0) is 10.2 Å². The summed E-state index contributed by atoms with van der Waals surface area (Å²) >= 11 is 0. The van der Waals surface area contributed by atoms with Crippen LogP contribution in [0.15, 0.2) is 18.5 Å². The predicted octanol–water partition coefficient (Wildman–Crippen LogP) is -0.712. The summed E-state index contributed by atoms with van der Waals surface area (Å²) in [5.74, 6) is -0.150. The number of aromatic nitrogens is 3. The van der Waals surface area contributed by atoms with Crippen molar-refractivity contribution in [3.8, 4) is 0 Å². The first-order valence-electron chi connectivity index (χ1n) is 9.41. The average Bonchev–Trinajstić information content (AvgIpc) is 3.03. The average molecular weight is 408 g/mol. The third-order valence-corrected chi connectivity index (χ3v) is 7.46. The first-order valence-corrected chi connectivity index (χ1v) is 10.8. The van der Waals surface area contributed by atoms with Crippen molar-refractivity contribution >= 4 is 21.8 Å². The monoisotopic (exact) mass is 407 g/mol. The van der Waals surface area contributed by atoms with Crippen molar-refractivity contribution in [2.75, 3.05) is 59.4 Å². The van der Waals surface area contributed by atoms with E-state index < -0.39 is 10.2 Å². The summed E-state index contributed by atoms with van der Waals surface area (Å²) in [4.78, 5) is 21.1. The number of carbonyl (C=O) groups is 1. The molecular formula is C17H25N7O3S. The highest BCUT2D eigenvalue weighted by molar-refractivity contribution is 7.86. The molecule has 4 rings (SSSR count). The largest absolute Gasteiger partial charge is 0.336 e.